The summed E-state index contributed by atoms with van der Waals surface area (Å²) in [5.41, 5.74) is 0.422. The normalized spacial score (nSPS) is 27.4. The molecule has 0 aromatic heterocycles. The average molecular weight is 409 g/mol. The molecule has 0 spiro atoms. The van der Waals surface area contributed by atoms with Gasteiger partial charge in [-0.3, -0.25) is 0 Å². The van der Waals surface area contributed by atoms with Crippen molar-refractivity contribution in [3.63, 3.8) is 0 Å². The Bertz CT molecular complexity index is 583. The molecule has 0 saturated carbocycles. The van der Waals surface area contributed by atoms with Crippen LogP contribution < -0.4 is 0 Å². The van der Waals surface area contributed by atoms with Crippen LogP contribution in [0.1, 0.15) is 25.8 Å². The van der Waals surface area contributed by atoms with Crippen molar-refractivity contribution in [2.45, 2.75) is 47.7 Å². The summed E-state index contributed by atoms with van der Waals surface area (Å²) in [5, 5.41) is 9.97. The zero-order chi connectivity index (χ0) is 15.1. The molecule has 6 heteroatoms. The van der Waals surface area contributed by atoms with Crippen LogP contribution in [-0.4, -0.2) is 39.9 Å². The summed E-state index contributed by atoms with van der Waals surface area (Å²) in [6, 6.07) is 6.91. The van der Waals surface area contributed by atoms with Crippen molar-refractivity contribution < 1.29 is 13.5 Å². The summed E-state index contributed by atoms with van der Waals surface area (Å²) in [6.45, 7) is 6.03. The van der Waals surface area contributed by atoms with Gasteiger partial charge in [0.15, 0.2) is 0 Å². The number of benzene rings is 1. The lowest BCUT2D eigenvalue weighted by Gasteiger charge is -2.46. The van der Waals surface area contributed by atoms with Crippen molar-refractivity contribution in [2.24, 2.45) is 0 Å². The van der Waals surface area contributed by atoms with Crippen LogP contribution in [0.2, 0.25) is 0 Å². The van der Waals surface area contributed by atoms with E-state index >= 15 is 0 Å². The second-order valence-corrected chi connectivity index (χ2v) is 9.01. The summed E-state index contributed by atoms with van der Waals surface area (Å²) in [6.07, 6.45) is 0.0114. The fourth-order valence-electron chi connectivity index (χ4n) is 2.56. The monoisotopic (exact) mass is 409 g/mol. The highest BCUT2D eigenvalue weighted by Gasteiger charge is 2.47. The van der Waals surface area contributed by atoms with E-state index in [1.807, 2.05) is 20.8 Å². The fraction of sp³-hybridized carbons (Fsp3) is 0.571. The molecule has 1 aliphatic heterocycles. The van der Waals surface area contributed by atoms with Crippen molar-refractivity contribution in [1.82, 2.24) is 4.31 Å². The standard InChI is InChI=1S/C14H20INO3S/c1-10-4-6-11(7-5-10)20(18,19)16-9-8-12(17)13(15)14(16,2)3/h4-7,12-13,17H,8-9H2,1-3H3/t12-,13-/m1/s1. The number of hydrogen-bond acceptors (Lipinski definition) is 3. The van der Waals surface area contributed by atoms with Gasteiger partial charge in [-0.1, -0.05) is 40.3 Å². The van der Waals surface area contributed by atoms with Gasteiger partial charge in [0, 0.05) is 12.1 Å². The van der Waals surface area contributed by atoms with Gasteiger partial charge < -0.3 is 5.11 Å². The molecule has 4 nitrogen and oxygen atoms in total. The third kappa shape index (κ3) is 2.75. The summed E-state index contributed by atoms with van der Waals surface area (Å²) in [4.78, 5) is 0.316. The van der Waals surface area contributed by atoms with E-state index < -0.39 is 21.7 Å². The van der Waals surface area contributed by atoms with Crippen LogP contribution in [0.25, 0.3) is 0 Å². The number of aliphatic hydroxyl groups is 1. The Balaban J connectivity index is 2.41. The smallest absolute Gasteiger partial charge is 0.243 e. The topological polar surface area (TPSA) is 57.6 Å². The van der Waals surface area contributed by atoms with Gasteiger partial charge in [-0.2, -0.15) is 4.31 Å². The minimum atomic E-state index is -3.53. The molecular weight excluding hydrogens is 389 g/mol. The highest BCUT2D eigenvalue weighted by molar-refractivity contribution is 14.1. The number of nitrogens with zero attached hydrogens (tertiary/aromatic N) is 1. The molecule has 0 aliphatic carbocycles. The highest BCUT2D eigenvalue weighted by atomic mass is 127. The van der Waals surface area contributed by atoms with E-state index in [2.05, 4.69) is 22.6 Å². The van der Waals surface area contributed by atoms with Gasteiger partial charge in [0.25, 0.3) is 0 Å². The van der Waals surface area contributed by atoms with Crippen molar-refractivity contribution in [3.8, 4) is 0 Å². The quantitative estimate of drug-likeness (QED) is 0.603. The number of aryl methyl sites for hydroxylation is 1. The maximum atomic E-state index is 12.8. The van der Waals surface area contributed by atoms with Crippen LogP contribution in [-0.2, 0) is 10.0 Å². The Morgan fingerprint density at radius 3 is 2.40 bits per heavy atom. The molecule has 1 heterocycles. The van der Waals surface area contributed by atoms with Crippen LogP contribution in [0, 0.1) is 6.92 Å². The first-order valence-corrected chi connectivity index (χ1v) is 9.27. The molecular formula is C14H20INO3S. The number of piperidine rings is 1. The fourth-order valence-corrected chi connectivity index (χ4v) is 5.26. The van der Waals surface area contributed by atoms with Gasteiger partial charge in [0.2, 0.25) is 10.0 Å². The zero-order valence-electron chi connectivity index (χ0n) is 11.9. The van der Waals surface area contributed by atoms with E-state index in [-0.39, 0.29) is 3.92 Å². The lowest BCUT2D eigenvalue weighted by Crippen LogP contribution is -2.60. The van der Waals surface area contributed by atoms with E-state index in [1.165, 1.54) is 4.31 Å². The maximum Gasteiger partial charge on any atom is 0.243 e. The maximum absolute atomic E-state index is 12.8. The van der Waals surface area contributed by atoms with Gasteiger partial charge in [-0.05, 0) is 39.3 Å². The van der Waals surface area contributed by atoms with E-state index in [0.717, 1.165) is 5.56 Å². The van der Waals surface area contributed by atoms with E-state index in [4.69, 9.17) is 0 Å². The minimum absolute atomic E-state index is 0.130. The Kier molecular flexibility index (Phi) is 4.49. The first-order chi connectivity index (χ1) is 9.17. The number of rotatable bonds is 2. The first kappa shape index (κ1) is 16.2. The largest absolute Gasteiger partial charge is 0.392 e. The molecule has 0 amide bonds. The van der Waals surface area contributed by atoms with E-state index in [9.17, 15) is 13.5 Å². The van der Waals surface area contributed by atoms with Gasteiger partial charge in [-0.15, -0.1) is 0 Å². The van der Waals surface area contributed by atoms with Crippen LogP contribution in [0.4, 0.5) is 0 Å². The number of halogens is 1. The molecule has 0 radical (unpaired) electrons. The minimum Gasteiger partial charge on any atom is -0.392 e. The molecule has 0 bridgehead atoms. The van der Waals surface area contributed by atoms with Gasteiger partial charge in [0.1, 0.15) is 0 Å². The van der Waals surface area contributed by atoms with Crippen LogP contribution in [0.5, 0.6) is 0 Å². The Hall–Kier alpha value is -0.180. The van der Waals surface area contributed by atoms with Crippen molar-refractivity contribution in [3.05, 3.63) is 29.8 Å². The molecule has 0 unspecified atom stereocenters. The second kappa shape index (κ2) is 5.55. The molecule has 2 rings (SSSR count). The summed E-state index contributed by atoms with van der Waals surface area (Å²) in [5.74, 6) is 0. The molecule has 20 heavy (non-hydrogen) atoms. The third-order valence-electron chi connectivity index (χ3n) is 3.89. The number of hydrogen-bond donors (Lipinski definition) is 1. The molecule has 1 aliphatic rings. The second-order valence-electron chi connectivity index (χ2n) is 5.80. The lowest BCUT2D eigenvalue weighted by molar-refractivity contribution is 0.0591. The SMILES string of the molecule is Cc1ccc(S(=O)(=O)N2CC[C@@H](O)[C@@H](I)C2(C)C)cc1. The van der Waals surface area contributed by atoms with Crippen molar-refractivity contribution in [1.29, 1.82) is 0 Å². The third-order valence-corrected chi connectivity index (χ3v) is 8.35. The van der Waals surface area contributed by atoms with Crippen molar-refractivity contribution >= 4 is 32.6 Å². The Morgan fingerprint density at radius 1 is 1.30 bits per heavy atom. The van der Waals surface area contributed by atoms with Crippen LogP contribution in [0.15, 0.2) is 29.2 Å². The van der Waals surface area contributed by atoms with E-state index in [1.54, 1.807) is 24.3 Å². The summed E-state index contributed by atoms with van der Waals surface area (Å²) < 4.78 is 27.0. The summed E-state index contributed by atoms with van der Waals surface area (Å²) >= 11 is 2.15. The highest BCUT2D eigenvalue weighted by Crippen LogP contribution is 2.37. The van der Waals surface area contributed by atoms with Crippen molar-refractivity contribution in [2.75, 3.05) is 6.54 Å². The molecule has 112 valence electrons. The molecule has 1 saturated heterocycles. The predicted molar refractivity (Wildman–Crippen MR) is 87.6 cm³/mol. The number of sulfonamides is 1. The van der Waals surface area contributed by atoms with Gasteiger partial charge in [0.05, 0.1) is 14.9 Å². The van der Waals surface area contributed by atoms with Crippen LogP contribution in [0.3, 0.4) is 0 Å². The molecule has 1 aromatic rings. The molecule has 1 aromatic carbocycles. The average Bonchev–Trinajstić information content (AvgIpc) is 2.36. The number of alkyl halides is 1. The predicted octanol–water partition coefficient (Wildman–Crippen LogP) is 2.33. The zero-order valence-corrected chi connectivity index (χ0v) is 14.8. The van der Waals surface area contributed by atoms with E-state index in [0.29, 0.717) is 17.9 Å². The number of aliphatic hydroxyl groups excluding tert-OH is 1. The van der Waals surface area contributed by atoms with Crippen LogP contribution >= 0.6 is 22.6 Å². The lowest BCUT2D eigenvalue weighted by atomic mass is 9.91. The Labute approximate surface area is 134 Å². The Morgan fingerprint density at radius 2 is 1.85 bits per heavy atom. The van der Waals surface area contributed by atoms with Gasteiger partial charge >= 0.3 is 0 Å². The van der Waals surface area contributed by atoms with Gasteiger partial charge in [-0.25, -0.2) is 8.42 Å². The molecule has 1 N–H and O–H groups in total. The first-order valence-electron chi connectivity index (χ1n) is 6.59. The molecule has 2 atom stereocenters. The summed E-state index contributed by atoms with van der Waals surface area (Å²) in [7, 11) is -3.53. The molecule has 1 fully saturated rings.